The van der Waals surface area contributed by atoms with Crippen LogP contribution in [-0.4, -0.2) is 41.7 Å². The number of hydrogen-bond acceptors (Lipinski definition) is 5. The van der Waals surface area contributed by atoms with Crippen LogP contribution in [-0.2, 0) is 6.54 Å². The van der Waals surface area contributed by atoms with Crippen molar-refractivity contribution in [3.63, 3.8) is 0 Å². The van der Waals surface area contributed by atoms with Crippen LogP contribution >= 0.6 is 0 Å². The molecule has 1 unspecified atom stereocenters. The van der Waals surface area contributed by atoms with E-state index >= 15 is 0 Å². The molecule has 2 rings (SSSR count). The van der Waals surface area contributed by atoms with Gasteiger partial charge < -0.3 is 9.84 Å². The second kappa shape index (κ2) is 5.41. The zero-order valence-corrected chi connectivity index (χ0v) is 10.1. The summed E-state index contributed by atoms with van der Waals surface area (Å²) in [6, 6.07) is 0. The second-order valence-electron chi connectivity index (χ2n) is 4.54. The van der Waals surface area contributed by atoms with Gasteiger partial charge in [-0.2, -0.15) is 4.98 Å². The number of hydrogen-bond donors (Lipinski definition) is 1. The Labute approximate surface area is 96.2 Å². The number of aryl methyl sites for hydroxylation is 1. The molecule has 0 amide bonds. The lowest BCUT2D eigenvalue weighted by Crippen LogP contribution is -2.38. The summed E-state index contributed by atoms with van der Waals surface area (Å²) in [7, 11) is 2.01. The highest BCUT2D eigenvalue weighted by atomic mass is 16.5. The van der Waals surface area contributed by atoms with Crippen molar-refractivity contribution < 1.29 is 4.52 Å². The number of rotatable bonds is 4. The Morgan fingerprint density at radius 2 is 2.44 bits per heavy atom. The van der Waals surface area contributed by atoms with Gasteiger partial charge in [-0.25, -0.2) is 0 Å². The van der Waals surface area contributed by atoms with Gasteiger partial charge in [0.05, 0.1) is 6.54 Å². The van der Waals surface area contributed by atoms with Crippen molar-refractivity contribution in [1.29, 1.82) is 0 Å². The van der Waals surface area contributed by atoms with Crippen LogP contribution in [0.2, 0.25) is 0 Å². The van der Waals surface area contributed by atoms with Crippen molar-refractivity contribution in [3.8, 4) is 0 Å². The average Bonchev–Trinajstić information content (AvgIpc) is 2.65. The molecule has 1 aliphatic heterocycles. The molecule has 0 saturated carbocycles. The highest BCUT2D eigenvalue weighted by Gasteiger charge is 2.20. The summed E-state index contributed by atoms with van der Waals surface area (Å²) < 4.78 is 5.14. The van der Waals surface area contributed by atoms with E-state index in [1.807, 2.05) is 14.0 Å². The molecule has 0 bridgehead atoms. The minimum atomic E-state index is 0.721. The third-order valence-corrected chi connectivity index (χ3v) is 3.02. The normalized spacial score (nSPS) is 22.5. The Balaban J connectivity index is 1.85. The minimum absolute atomic E-state index is 0.721. The summed E-state index contributed by atoms with van der Waals surface area (Å²) in [6.45, 7) is 6.01. The van der Waals surface area contributed by atoms with Gasteiger partial charge in [0.2, 0.25) is 5.89 Å². The van der Waals surface area contributed by atoms with Gasteiger partial charge in [0, 0.05) is 6.54 Å². The molecule has 1 N–H and O–H groups in total. The maximum absolute atomic E-state index is 5.14. The van der Waals surface area contributed by atoms with E-state index in [1.165, 1.54) is 12.8 Å². The van der Waals surface area contributed by atoms with Crippen molar-refractivity contribution in [3.05, 3.63) is 11.7 Å². The summed E-state index contributed by atoms with van der Waals surface area (Å²) >= 11 is 0. The van der Waals surface area contributed by atoms with Crippen LogP contribution in [0.4, 0.5) is 0 Å². The monoisotopic (exact) mass is 224 g/mol. The van der Waals surface area contributed by atoms with E-state index in [0.29, 0.717) is 0 Å². The van der Waals surface area contributed by atoms with Gasteiger partial charge in [-0.3, -0.25) is 4.90 Å². The Kier molecular flexibility index (Phi) is 3.90. The van der Waals surface area contributed by atoms with E-state index in [2.05, 4.69) is 20.4 Å². The topological polar surface area (TPSA) is 54.2 Å². The molecule has 0 spiro atoms. The van der Waals surface area contributed by atoms with E-state index in [4.69, 9.17) is 4.52 Å². The summed E-state index contributed by atoms with van der Waals surface area (Å²) in [5.41, 5.74) is 0. The first-order valence-electron chi connectivity index (χ1n) is 5.94. The first-order valence-corrected chi connectivity index (χ1v) is 5.94. The van der Waals surface area contributed by atoms with Crippen molar-refractivity contribution in [2.75, 3.05) is 26.7 Å². The molecule has 2 heterocycles. The molecule has 16 heavy (non-hydrogen) atoms. The summed E-state index contributed by atoms with van der Waals surface area (Å²) in [6.07, 6.45) is 2.58. The lowest BCUT2D eigenvalue weighted by Gasteiger charge is -2.31. The number of nitrogens with zero attached hydrogens (tertiary/aromatic N) is 3. The molecular weight excluding hydrogens is 204 g/mol. The van der Waals surface area contributed by atoms with Crippen molar-refractivity contribution in [2.24, 2.45) is 5.92 Å². The van der Waals surface area contributed by atoms with E-state index in [1.54, 1.807) is 0 Å². The van der Waals surface area contributed by atoms with Gasteiger partial charge in [0.25, 0.3) is 0 Å². The number of piperidine rings is 1. The van der Waals surface area contributed by atoms with E-state index in [0.717, 1.165) is 43.8 Å². The SMILES string of the molecule is CNCC1CCCN(Cc2nc(C)no2)C1. The summed E-state index contributed by atoms with van der Waals surface area (Å²) in [4.78, 5) is 6.64. The van der Waals surface area contributed by atoms with Crippen molar-refractivity contribution >= 4 is 0 Å². The molecule has 5 heteroatoms. The fourth-order valence-electron chi connectivity index (χ4n) is 2.35. The highest BCUT2D eigenvalue weighted by Crippen LogP contribution is 2.17. The van der Waals surface area contributed by atoms with E-state index < -0.39 is 0 Å². The predicted molar refractivity (Wildman–Crippen MR) is 61.0 cm³/mol. The lowest BCUT2D eigenvalue weighted by atomic mass is 9.98. The predicted octanol–water partition coefficient (Wildman–Crippen LogP) is 0.809. The first kappa shape index (κ1) is 11.5. The maximum atomic E-state index is 5.14. The molecule has 0 aliphatic carbocycles. The molecule has 1 saturated heterocycles. The number of aromatic nitrogens is 2. The Morgan fingerprint density at radius 1 is 1.56 bits per heavy atom. The zero-order valence-electron chi connectivity index (χ0n) is 10.1. The Hall–Kier alpha value is -0.940. The minimum Gasteiger partial charge on any atom is -0.338 e. The third-order valence-electron chi connectivity index (χ3n) is 3.02. The molecule has 1 atom stereocenters. The summed E-state index contributed by atoms with van der Waals surface area (Å²) in [5.74, 6) is 2.21. The zero-order chi connectivity index (χ0) is 11.4. The van der Waals surface area contributed by atoms with Gasteiger partial charge in [-0.1, -0.05) is 5.16 Å². The third kappa shape index (κ3) is 3.02. The first-order chi connectivity index (χ1) is 7.78. The van der Waals surface area contributed by atoms with Crippen LogP contribution in [0.25, 0.3) is 0 Å². The van der Waals surface area contributed by atoms with Crippen LogP contribution in [0, 0.1) is 12.8 Å². The smallest absolute Gasteiger partial charge is 0.240 e. The van der Waals surface area contributed by atoms with Crippen molar-refractivity contribution in [1.82, 2.24) is 20.4 Å². The van der Waals surface area contributed by atoms with Crippen LogP contribution in [0.1, 0.15) is 24.6 Å². The van der Waals surface area contributed by atoms with Gasteiger partial charge in [0.15, 0.2) is 5.82 Å². The van der Waals surface area contributed by atoms with Gasteiger partial charge in [-0.05, 0) is 45.8 Å². The fraction of sp³-hybridized carbons (Fsp3) is 0.818. The standard InChI is InChI=1S/C11H20N4O/c1-9-13-11(16-14-9)8-15-5-3-4-10(7-15)6-12-2/h10,12H,3-8H2,1-2H3. The van der Waals surface area contributed by atoms with Crippen LogP contribution in [0.15, 0.2) is 4.52 Å². The molecule has 90 valence electrons. The molecule has 0 aromatic carbocycles. The molecule has 0 radical (unpaired) electrons. The largest absolute Gasteiger partial charge is 0.338 e. The quantitative estimate of drug-likeness (QED) is 0.820. The number of likely N-dealkylation sites (tertiary alicyclic amines) is 1. The Morgan fingerprint density at radius 3 is 3.12 bits per heavy atom. The summed E-state index contributed by atoms with van der Waals surface area (Å²) in [5, 5.41) is 7.06. The molecule has 1 aliphatic rings. The van der Waals surface area contributed by atoms with Gasteiger partial charge in [0.1, 0.15) is 0 Å². The van der Waals surface area contributed by atoms with Gasteiger partial charge in [-0.15, -0.1) is 0 Å². The van der Waals surface area contributed by atoms with Crippen LogP contribution in [0.3, 0.4) is 0 Å². The fourth-order valence-corrected chi connectivity index (χ4v) is 2.35. The van der Waals surface area contributed by atoms with Crippen LogP contribution < -0.4 is 5.32 Å². The lowest BCUT2D eigenvalue weighted by molar-refractivity contribution is 0.149. The maximum Gasteiger partial charge on any atom is 0.240 e. The average molecular weight is 224 g/mol. The molecule has 5 nitrogen and oxygen atoms in total. The molecule has 1 aromatic rings. The van der Waals surface area contributed by atoms with E-state index in [9.17, 15) is 0 Å². The molecule has 1 fully saturated rings. The molecule has 1 aromatic heterocycles. The van der Waals surface area contributed by atoms with Gasteiger partial charge >= 0.3 is 0 Å². The van der Waals surface area contributed by atoms with Crippen molar-refractivity contribution in [2.45, 2.75) is 26.3 Å². The number of nitrogens with one attached hydrogen (secondary N) is 1. The highest BCUT2D eigenvalue weighted by molar-refractivity contribution is 4.84. The van der Waals surface area contributed by atoms with Crippen LogP contribution in [0.5, 0.6) is 0 Å². The second-order valence-corrected chi connectivity index (χ2v) is 4.54. The molecular formula is C11H20N4O. The van der Waals surface area contributed by atoms with E-state index in [-0.39, 0.29) is 0 Å². The Bertz CT molecular complexity index is 324.